The minimum atomic E-state index is -1.55. The Morgan fingerprint density at radius 3 is 2.20 bits per heavy atom. The highest BCUT2D eigenvalue weighted by atomic mass is 16.4. The molecule has 0 bridgehead atoms. The third-order valence-corrected chi connectivity index (χ3v) is 5.96. The summed E-state index contributed by atoms with van der Waals surface area (Å²) < 4.78 is 0. The van der Waals surface area contributed by atoms with Crippen molar-refractivity contribution in [3.8, 4) is 0 Å². The van der Waals surface area contributed by atoms with Crippen LogP contribution < -0.4 is 38.1 Å². The van der Waals surface area contributed by atoms with Crippen LogP contribution in [0.5, 0.6) is 0 Å². The highest BCUT2D eigenvalue weighted by molar-refractivity contribution is 5.98. The number of hydrogen-bond acceptors (Lipinski definition) is 7. The first-order valence-electron chi connectivity index (χ1n) is 12.7. The molecule has 1 aliphatic rings. The van der Waals surface area contributed by atoms with E-state index in [-0.39, 0.29) is 18.9 Å². The average molecular weight is 561 g/mol. The van der Waals surface area contributed by atoms with Gasteiger partial charge in [-0.05, 0) is 24.3 Å². The Morgan fingerprint density at radius 2 is 1.60 bits per heavy atom. The van der Waals surface area contributed by atoms with Crippen LogP contribution in [0.4, 0.5) is 0 Å². The molecule has 15 heteroatoms. The van der Waals surface area contributed by atoms with Crippen LogP contribution in [0, 0.1) is 5.92 Å². The molecule has 1 aromatic carbocycles. The lowest BCUT2D eigenvalue weighted by molar-refractivity contribution is -0.141. The second-order valence-corrected chi connectivity index (χ2v) is 9.53. The molecule has 0 aromatic heterocycles. The molecule has 10 N–H and O–H groups in total. The second kappa shape index (κ2) is 15.0. The number of nitrogens with zero attached hydrogens (tertiary/aromatic N) is 1. The van der Waals surface area contributed by atoms with E-state index in [0.29, 0.717) is 12.0 Å². The first-order valence-corrected chi connectivity index (χ1v) is 12.7. The number of rotatable bonds is 8. The van der Waals surface area contributed by atoms with Gasteiger partial charge < -0.3 is 43.2 Å². The summed E-state index contributed by atoms with van der Waals surface area (Å²) in [4.78, 5) is 80.6. The fourth-order valence-electron chi connectivity index (χ4n) is 3.91. The molecule has 5 amide bonds. The zero-order valence-corrected chi connectivity index (χ0v) is 22.3. The first kappa shape index (κ1) is 31.5. The molecule has 15 nitrogen and oxygen atoms in total. The van der Waals surface area contributed by atoms with Gasteiger partial charge in [0, 0.05) is 6.54 Å². The number of aliphatic carboxylic acids is 1. The van der Waals surface area contributed by atoms with Gasteiger partial charge in [-0.25, -0.2) is 0 Å². The summed E-state index contributed by atoms with van der Waals surface area (Å²) in [6.07, 6.45) is -0.379. The summed E-state index contributed by atoms with van der Waals surface area (Å²) >= 11 is 0. The van der Waals surface area contributed by atoms with Crippen LogP contribution in [-0.4, -0.2) is 77.8 Å². The number of benzene rings is 1. The minimum Gasteiger partial charge on any atom is -0.481 e. The van der Waals surface area contributed by atoms with Crippen molar-refractivity contribution in [1.82, 2.24) is 26.6 Å². The third-order valence-electron chi connectivity index (χ3n) is 5.96. The summed E-state index contributed by atoms with van der Waals surface area (Å²) in [5.74, 6) is -5.86. The normalized spacial score (nSPS) is 22.9. The molecule has 0 saturated carbocycles. The number of carboxylic acids is 1. The van der Waals surface area contributed by atoms with Crippen LogP contribution in [0.25, 0.3) is 0 Å². The van der Waals surface area contributed by atoms with E-state index >= 15 is 0 Å². The molecule has 40 heavy (non-hydrogen) atoms. The van der Waals surface area contributed by atoms with E-state index in [1.807, 2.05) is 0 Å². The molecular weight excluding hydrogens is 524 g/mol. The van der Waals surface area contributed by atoms with Crippen LogP contribution >= 0.6 is 0 Å². The van der Waals surface area contributed by atoms with Gasteiger partial charge in [0.05, 0.1) is 13.0 Å². The standard InChI is InChI=1S/C25H36N8O7/c1-13(2)19-23(39)31-15(9-6-10-28-25(26)27)21(37)29-12-17(34)30-16(11-18(35)36)22(38)33-20(24(40)32-19)14-7-4-3-5-8-14/h3-5,7-8,13,15-16,19-20H,6,9-12H2,1-2H3,(H,29,37)(H,30,34)(H,31,39)(H,32,40)(H,33,38)(H,35,36)(H4,26,27,28)/t15-,16-,19+,20-/m0/s1. The minimum absolute atomic E-state index is 0.100. The van der Waals surface area contributed by atoms with Crippen LogP contribution in [-0.2, 0) is 28.8 Å². The number of carbonyl (C=O) groups excluding carboxylic acids is 5. The van der Waals surface area contributed by atoms with Gasteiger partial charge >= 0.3 is 5.97 Å². The summed E-state index contributed by atoms with van der Waals surface area (Å²) in [5, 5.41) is 21.7. The van der Waals surface area contributed by atoms with Crippen molar-refractivity contribution in [2.75, 3.05) is 13.1 Å². The topological polar surface area (TPSA) is 247 Å². The SMILES string of the molecule is CC(C)[C@H]1NC(=O)[C@H](c2ccccc2)NC(=O)[C@H](CC(=O)O)NC(=O)CNC(=O)[C@H](CCCN=C(N)N)NC1=O. The summed E-state index contributed by atoms with van der Waals surface area (Å²) in [6, 6.07) is 3.02. The maximum Gasteiger partial charge on any atom is 0.305 e. The van der Waals surface area contributed by atoms with E-state index in [9.17, 15) is 33.9 Å². The lowest BCUT2D eigenvalue weighted by Gasteiger charge is -2.27. The van der Waals surface area contributed by atoms with Gasteiger partial charge in [0.15, 0.2) is 5.96 Å². The lowest BCUT2D eigenvalue weighted by atomic mass is 10.00. The fraction of sp³-hybridized carbons (Fsp3) is 0.480. The Kier molecular flexibility index (Phi) is 11.9. The van der Waals surface area contributed by atoms with Crippen molar-refractivity contribution < 1.29 is 33.9 Å². The first-order chi connectivity index (χ1) is 18.9. The molecule has 0 unspecified atom stereocenters. The maximum absolute atomic E-state index is 13.4. The van der Waals surface area contributed by atoms with Crippen LogP contribution in [0.3, 0.4) is 0 Å². The Hall–Kier alpha value is -4.69. The molecular formula is C25H36N8O7. The third kappa shape index (κ3) is 9.89. The van der Waals surface area contributed by atoms with E-state index in [0.717, 1.165) is 0 Å². The molecule has 0 radical (unpaired) electrons. The van der Waals surface area contributed by atoms with Gasteiger partial charge in [-0.3, -0.25) is 33.8 Å². The second-order valence-electron chi connectivity index (χ2n) is 9.53. The molecule has 1 aromatic rings. The highest BCUT2D eigenvalue weighted by Gasteiger charge is 2.34. The Bertz CT molecular complexity index is 1120. The van der Waals surface area contributed by atoms with Gasteiger partial charge in [0.2, 0.25) is 29.5 Å². The van der Waals surface area contributed by atoms with Crippen LogP contribution in [0.15, 0.2) is 35.3 Å². The Morgan fingerprint density at radius 1 is 0.925 bits per heavy atom. The lowest BCUT2D eigenvalue weighted by Crippen LogP contribution is -2.57. The smallest absolute Gasteiger partial charge is 0.305 e. The molecule has 218 valence electrons. The van der Waals surface area contributed by atoms with Crippen molar-refractivity contribution >= 4 is 41.5 Å². The number of carboxylic acid groups (broad SMARTS) is 1. The number of amides is 5. The van der Waals surface area contributed by atoms with E-state index < -0.39 is 78.6 Å². The zero-order valence-electron chi connectivity index (χ0n) is 22.3. The van der Waals surface area contributed by atoms with E-state index in [4.69, 9.17) is 11.5 Å². The molecule has 1 heterocycles. The number of aliphatic imine (C=N–C) groups is 1. The number of guanidine groups is 1. The highest BCUT2D eigenvalue weighted by Crippen LogP contribution is 2.15. The summed E-state index contributed by atoms with van der Waals surface area (Å²) in [6.45, 7) is 2.95. The van der Waals surface area contributed by atoms with E-state index in [2.05, 4.69) is 31.6 Å². The van der Waals surface area contributed by atoms with Gasteiger partial charge in [-0.2, -0.15) is 0 Å². The molecule has 1 fully saturated rings. The Labute approximate surface area is 230 Å². The summed E-state index contributed by atoms with van der Waals surface area (Å²) in [5.41, 5.74) is 11.0. The number of carbonyl (C=O) groups is 6. The van der Waals surface area contributed by atoms with Crippen molar-refractivity contribution in [2.24, 2.45) is 22.4 Å². The van der Waals surface area contributed by atoms with Gasteiger partial charge in [-0.15, -0.1) is 0 Å². The number of hydrogen-bond donors (Lipinski definition) is 8. The van der Waals surface area contributed by atoms with Gasteiger partial charge in [0.25, 0.3) is 0 Å². The summed E-state index contributed by atoms with van der Waals surface area (Å²) in [7, 11) is 0. The van der Waals surface area contributed by atoms with Gasteiger partial charge in [-0.1, -0.05) is 44.2 Å². The Balaban J connectivity index is 2.46. The van der Waals surface area contributed by atoms with Gasteiger partial charge in [0.1, 0.15) is 24.2 Å². The predicted molar refractivity (Wildman–Crippen MR) is 143 cm³/mol. The average Bonchev–Trinajstić information content (AvgIpc) is 2.89. The van der Waals surface area contributed by atoms with Crippen LogP contribution in [0.1, 0.15) is 44.7 Å². The quantitative estimate of drug-likeness (QED) is 0.0958. The van der Waals surface area contributed by atoms with Crippen molar-refractivity contribution in [2.45, 2.75) is 57.3 Å². The predicted octanol–water partition coefficient (Wildman–Crippen LogP) is -2.39. The molecule has 2 rings (SSSR count). The van der Waals surface area contributed by atoms with E-state index in [1.165, 1.54) is 0 Å². The fourth-order valence-corrected chi connectivity index (χ4v) is 3.91. The van der Waals surface area contributed by atoms with Crippen LogP contribution in [0.2, 0.25) is 0 Å². The van der Waals surface area contributed by atoms with E-state index in [1.54, 1.807) is 44.2 Å². The largest absolute Gasteiger partial charge is 0.481 e. The molecule has 1 saturated heterocycles. The van der Waals surface area contributed by atoms with Crippen molar-refractivity contribution in [3.05, 3.63) is 35.9 Å². The zero-order chi connectivity index (χ0) is 29.8. The van der Waals surface area contributed by atoms with Crippen molar-refractivity contribution in [1.29, 1.82) is 0 Å². The molecule has 4 atom stereocenters. The van der Waals surface area contributed by atoms with Crippen molar-refractivity contribution in [3.63, 3.8) is 0 Å². The monoisotopic (exact) mass is 560 g/mol. The molecule has 1 aliphatic heterocycles. The number of nitrogens with two attached hydrogens (primary N) is 2. The maximum atomic E-state index is 13.4. The molecule has 0 spiro atoms. The molecule has 0 aliphatic carbocycles. The number of nitrogens with one attached hydrogen (secondary N) is 5.